The number of aromatic amines is 1. The van der Waals surface area contributed by atoms with Crippen LogP contribution in [0.5, 0.6) is 0 Å². The second kappa shape index (κ2) is 3.63. The van der Waals surface area contributed by atoms with Crippen molar-refractivity contribution in [1.29, 1.82) is 0 Å². The van der Waals surface area contributed by atoms with Gasteiger partial charge in [0.1, 0.15) is 0 Å². The molecule has 0 spiro atoms. The van der Waals surface area contributed by atoms with E-state index in [-0.39, 0.29) is 9.20 Å². The van der Waals surface area contributed by atoms with E-state index >= 15 is 0 Å². The highest BCUT2D eigenvalue weighted by Gasteiger charge is 2.16. The van der Waals surface area contributed by atoms with E-state index in [4.69, 9.17) is 0 Å². The van der Waals surface area contributed by atoms with Crippen LogP contribution in [-0.2, 0) is 0 Å². The lowest BCUT2D eigenvalue weighted by molar-refractivity contribution is 0.101. The van der Waals surface area contributed by atoms with Gasteiger partial charge in [-0.2, -0.15) is 0 Å². The van der Waals surface area contributed by atoms with Gasteiger partial charge in [-0.3, -0.25) is 4.79 Å². The van der Waals surface area contributed by atoms with Gasteiger partial charge in [0.2, 0.25) is 0 Å². The van der Waals surface area contributed by atoms with Gasteiger partial charge in [0, 0.05) is 12.6 Å². The number of hydrogen-bond acceptors (Lipinski definition) is 1. The van der Waals surface area contributed by atoms with E-state index in [2.05, 4.69) is 52.7 Å². The first-order valence-electron chi connectivity index (χ1n) is 4.79. The number of nitrogens with one attached hydrogen (secondary N) is 1. The maximum absolute atomic E-state index is 11.2. The number of alkyl halides is 1. The molecule has 1 atom stereocenters. The van der Waals surface area contributed by atoms with Crippen LogP contribution in [0.1, 0.15) is 35.6 Å². The Morgan fingerprint density at radius 1 is 1.40 bits per heavy atom. The molecule has 1 N–H and O–H groups in total. The number of allylic oxidation sites excluding steroid dienone is 2. The van der Waals surface area contributed by atoms with Crippen molar-refractivity contribution in [1.82, 2.24) is 4.98 Å². The highest BCUT2D eigenvalue weighted by atomic mass is 127. The molecule has 78 valence electrons. The highest BCUT2D eigenvalue weighted by Crippen LogP contribution is 2.28. The quantitative estimate of drug-likeness (QED) is 0.481. The summed E-state index contributed by atoms with van der Waals surface area (Å²) in [6.07, 6.45) is 8.35. The molecule has 0 unspecified atom stereocenters. The van der Waals surface area contributed by atoms with Crippen molar-refractivity contribution in [2.75, 3.05) is 0 Å². The molecule has 0 fully saturated rings. The van der Waals surface area contributed by atoms with E-state index in [0.717, 1.165) is 11.3 Å². The highest BCUT2D eigenvalue weighted by molar-refractivity contribution is 14.1. The van der Waals surface area contributed by atoms with Crippen LogP contribution in [-0.4, -0.2) is 14.2 Å². The van der Waals surface area contributed by atoms with Gasteiger partial charge < -0.3 is 4.98 Å². The predicted octanol–water partition coefficient (Wildman–Crippen LogP) is 3.45. The average molecular weight is 313 g/mol. The number of hydrogen-bond donors (Lipinski definition) is 1. The first kappa shape index (κ1) is 10.7. The second-order valence-electron chi connectivity index (χ2n) is 3.93. The average Bonchev–Trinajstić information content (AvgIpc) is 2.50. The van der Waals surface area contributed by atoms with E-state index in [1.807, 2.05) is 12.1 Å². The van der Waals surface area contributed by atoms with Crippen molar-refractivity contribution in [3.63, 3.8) is 0 Å². The normalized spacial score (nSPS) is 23.7. The zero-order chi connectivity index (χ0) is 11.1. The van der Waals surface area contributed by atoms with Crippen LogP contribution in [0.25, 0.3) is 12.2 Å². The van der Waals surface area contributed by atoms with Crippen molar-refractivity contribution in [2.45, 2.75) is 17.3 Å². The lowest BCUT2D eigenvalue weighted by Crippen LogP contribution is -2.04. The van der Waals surface area contributed by atoms with E-state index in [9.17, 15) is 4.79 Å². The Balaban J connectivity index is 2.47. The number of rotatable bonds is 1. The summed E-state index contributed by atoms with van der Waals surface area (Å²) in [5.41, 5.74) is 2.76. The van der Waals surface area contributed by atoms with Gasteiger partial charge in [-0.25, -0.2) is 0 Å². The molecule has 0 bridgehead atoms. The summed E-state index contributed by atoms with van der Waals surface area (Å²) in [7, 11) is 0. The second-order valence-corrected chi connectivity index (χ2v) is 6.25. The minimum Gasteiger partial charge on any atom is -0.352 e. The Hall–Kier alpha value is -0.840. The number of H-pyrrole nitrogens is 1. The van der Waals surface area contributed by atoms with Crippen LogP contribution in [0.15, 0.2) is 18.2 Å². The molecule has 1 heterocycles. The third-order valence-corrected chi connectivity index (χ3v) is 3.14. The van der Waals surface area contributed by atoms with Crippen molar-refractivity contribution < 1.29 is 4.79 Å². The smallest absolute Gasteiger partial charge is 0.175 e. The Bertz CT molecular complexity index is 432. The van der Waals surface area contributed by atoms with Gasteiger partial charge in [-0.15, -0.1) is 0 Å². The summed E-state index contributed by atoms with van der Waals surface area (Å²) in [5, 5.41) is 0. The summed E-state index contributed by atoms with van der Waals surface area (Å²) in [6.45, 7) is 3.71. The number of carbonyl (C=O) groups is 1. The monoisotopic (exact) mass is 313 g/mol. The fraction of sp³-hybridized carbons (Fsp3) is 0.250. The molecule has 1 aliphatic carbocycles. The van der Waals surface area contributed by atoms with Gasteiger partial charge in [0.15, 0.2) is 5.78 Å². The molecule has 1 aromatic heterocycles. The number of halogens is 1. The minimum atomic E-state index is 0.0496. The number of aromatic nitrogens is 1. The molecule has 0 aliphatic heterocycles. The number of Topliss-reactive ketones (excluding diaryl/α,β-unsaturated/α-hetero) is 1. The molecular formula is C12H12INO. The summed E-state index contributed by atoms with van der Waals surface area (Å²) >= 11 is 2.38. The van der Waals surface area contributed by atoms with Crippen molar-refractivity contribution in [2.24, 2.45) is 0 Å². The minimum absolute atomic E-state index is 0.0496. The standard InChI is InChI=1S/C12H12INO/c1-8(15)11-7-9-3-5-12(2,13)6-4-10(9)14-11/h3-7,14H,1-2H3/t12-/m0/s1. The molecule has 0 radical (unpaired) electrons. The van der Waals surface area contributed by atoms with Crippen molar-refractivity contribution in [3.8, 4) is 0 Å². The van der Waals surface area contributed by atoms with Crippen LogP contribution in [0, 0.1) is 0 Å². The number of ketones is 1. The Morgan fingerprint density at radius 3 is 2.73 bits per heavy atom. The largest absolute Gasteiger partial charge is 0.352 e. The van der Waals surface area contributed by atoms with Crippen LogP contribution in [0.2, 0.25) is 0 Å². The van der Waals surface area contributed by atoms with Gasteiger partial charge in [0.05, 0.1) is 9.12 Å². The predicted molar refractivity (Wildman–Crippen MR) is 71.3 cm³/mol. The van der Waals surface area contributed by atoms with Crippen molar-refractivity contribution >= 4 is 40.5 Å². The van der Waals surface area contributed by atoms with Gasteiger partial charge in [-0.1, -0.05) is 40.8 Å². The van der Waals surface area contributed by atoms with E-state index in [1.54, 1.807) is 6.92 Å². The zero-order valence-corrected chi connectivity index (χ0v) is 10.8. The van der Waals surface area contributed by atoms with E-state index in [0.29, 0.717) is 5.69 Å². The molecule has 0 saturated heterocycles. The maximum atomic E-state index is 11.2. The molecule has 2 nitrogen and oxygen atoms in total. The lowest BCUT2D eigenvalue weighted by Gasteiger charge is -2.09. The molecule has 15 heavy (non-hydrogen) atoms. The molecule has 0 saturated carbocycles. The summed E-state index contributed by atoms with van der Waals surface area (Å²) in [5.74, 6) is 0.0714. The molecule has 1 aliphatic rings. The lowest BCUT2D eigenvalue weighted by atomic mass is 10.1. The first-order valence-corrected chi connectivity index (χ1v) is 5.87. The van der Waals surface area contributed by atoms with Gasteiger partial charge >= 0.3 is 0 Å². The van der Waals surface area contributed by atoms with E-state index < -0.39 is 0 Å². The van der Waals surface area contributed by atoms with Gasteiger partial charge in [-0.05, 0) is 24.6 Å². The fourth-order valence-electron chi connectivity index (χ4n) is 1.51. The van der Waals surface area contributed by atoms with Crippen LogP contribution in [0.3, 0.4) is 0 Å². The number of fused-ring (bicyclic) bond motifs is 1. The third kappa shape index (κ3) is 2.22. The molecular weight excluding hydrogens is 301 g/mol. The summed E-state index contributed by atoms with van der Waals surface area (Å²) in [6, 6.07) is 1.90. The Labute approximate surface area is 103 Å². The molecule has 0 aromatic carbocycles. The molecule has 3 heteroatoms. The molecule has 2 rings (SSSR count). The van der Waals surface area contributed by atoms with E-state index in [1.165, 1.54) is 0 Å². The summed E-state index contributed by atoms with van der Waals surface area (Å²) in [4.78, 5) is 14.3. The summed E-state index contributed by atoms with van der Waals surface area (Å²) < 4.78 is 0.0496. The maximum Gasteiger partial charge on any atom is 0.175 e. The van der Waals surface area contributed by atoms with Crippen LogP contribution >= 0.6 is 22.6 Å². The van der Waals surface area contributed by atoms with Crippen molar-refractivity contribution in [3.05, 3.63) is 35.2 Å². The first-order chi connectivity index (χ1) is 6.98. The number of carbonyl (C=O) groups excluding carboxylic acids is 1. The Kier molecular flexibility index (Phi) is 2.58. The van der Waals surface area contributed by atoms with Crippen LogP contribution < -0.4 is 0 Å². The SMILES string of the molecule is CC(=O)c1cc2c([nH]1)C=C[C@@](C)(I)C=C2. The molecule has 0 amide bonds. The van der Waals surface area contributed by atoms with Gasteiger partial charge in [0.25, 0.3) is 0 Å². The topological polar surface area (TPSA) is 32.9 Å². The fourth-order valence-corrected chi connectivity index (χ4v) is 1.87. The third-order valence-electron chi connectivity index (χ3n) is 2.42. The van der Waals surface area contributed by atoms with Crippen LogP contribution in [0.4, 0.5) is 0 Å². The zero-order valence-electron chi connectivity index (χ0n) is 8.67. The molecule has 1 aromatic rings. The Morgan fingerprint density at radius 2 is 2.07 bits per heavy atom.